The van der Waals surface area contributed by atoms with E-state index in [2.05, 4.69) is 0 Å². The van der Waals surface area contributed by atoms with Crippen LogP contribution in [0.1, 0.15) is 43.2 Å². The molecule has 1 aliphatic rings. The molecule has 5 nitrogen and oxygen atoms in total. The molecule has 0 amide bonds. The molecule has 0 spiro atoms. The lowest BCUT2D eigenvalue weighted by atomic mass is 9.94. The van der Waals surface area contributed by atoms with Gasteiger partial charge >= 0.3 is 5.97 Å². The lowest BCUT2D eigenvalue weighted by molar-refractivity contribution is -0.154. The van der Waals surface area contributed by atoms with Crippen LogP contribution in [-0.4, -0.2) is 41.3 Å². The number of rotatable bonds is 7. The first-order valence-electron chi connectivity index (χ1n) is 8.09. The van der Waals surface area contributed by atoms with Crippen LogP contribution in [0.25, 0.3) is 0 Å². The summed E-state index contributed by atoms with van der Waals surface area (Å²) in [6, 6.07) is 7.63. The molecule has 23 heavy (non-hydrogen) atoms. The number of carbonyl (C=O) groups is 2. The molecule has 1 fully saturated rings. The van der Waals surface area contributed by atoms with Gasteiger partial charge < -0.3 is 14.9 Å². The number of aliphatic hydroxyl groups is 2. The van der Waals surface area contributed by atoms with E-state index < -0.39 is 31.2 Å². The number of ketones is 1. The number of aliphatic hydroxyl groups excluding tert-OH is 2. The summed E-state index contributed by atoms with van der Waals surface area (Å²) in [4.78, 5) is 23.7. The first-order valence-corrected chi connectivity index (χ1v) is 8.09. The molecule has 1 aliphatic carbocycles. The molecule has 0 saturated heterocycles. The largest absolute Gasteiger partial charge is 0.457 e. The minimum Gasteiger partial charge on any atom is -0.457 e. The Bertz CT molecular complexity index is 533. The number of ether oxygens (including phenoxy) is 1. The molecule has 2 rings (SSSR count). The maximum absolute atomic E-state index is 12.0. The summed E-state index contributed by atoms with van der Waals surface area (Å²) in [5, 5.41) is 17.9. The maximum Gasteiger partial charge on any atom is 0.313 e. The van der Waals surface area contributed by atoms with E-state index in [0.717, 1.165) is 30.4 Å². The van der Waals surface area contributed by atoms with Gasteiger partial charge in [-0.25, -0.2) is 0 Å². The molecule has 0 bridgehead atoms. The quantitative estimate of drug-likeness (QED) is 0.746. The van der Waals surface area contributed by atoms with Crippen molar-refractivity contribution >= 4 is 11.8 Å². The molecule has 0 aromatic heterocycles. The summed E-state index contributed by atoms with van der Waals surface area (Å²) in [7, 11) is 0. The zero-order valence-corrected chi connectivity index (χ0v) is 13.4. The van der Waals surface area contributed by atoms with Gasteiger partial charge in [-0.2, -0.15) is 0 Å². The summed E-state index contributed by atoms with van der Waals surface area (Å²) in [6.45, 7) is 0.927. The predicted octanol–water partition coefficient (Wildman–Crippen LogP) is 1.60. The van der Waals surface area contributed by atoms with Crippen molar-refractivity contribution in [2.75, 3.05) is 13.2 Å². The number of Topliss-reactive ketones (excluding diaryl/α,β-unsaturated/α-hetero) is 1. The van der Waals surface area contributed by atoms with Crippen molar-refractivity contribution in [3.05, 3.63) is 35.4 Å². The van der Waals surface area contributed by atoms with Gasteiger partial charge in [-0.1, -0.05) is 24.3 Å². The Labute approximate surface area is 136 Å². The van der Waals surface area contributed by atoms with E-state index in [-0.39, 0.29) is 5.92 Å². The summed E-state index contributed by atoms with van der Waals surface area (Å²) in [6.07, 6.45) is 2.53. The van der Waals surface area contributed by atoms with Gasteiger partial charge in [-0.15, -0.1) is 0 Å². The van der Waals surface area contributed by atoms with E-state index >= 15 is 0 Å². The Morgan fingerprint density at radius 3 is 2.43 bits per heavy atom. The second kappa shape index (κ2) is 8.22. The summed E-state index contributed by atoms with van der Waals surface area (Å²) in [5.74, 6) is -0.460. The van der Waals surface area contributed by atoms with E-state index in [4.69, 9.17) is 14.9 Å². The van der Waals surface area contributed by atoms with Crippen molar-refractivity contribution in [1.82, 2.24) is 0 Å². The second-order valence-corrected chi connectivity index (χ2v) is 6.15. The third-order valence-corrected chi connectivity index (χ3v) is 4.44. The van der Waals surface area contributed by atoms with Crippen LogP contribution in [0.4, 0.5) is 0 Å². The third-order valence-electron chi connectivity index (χ3n) is 4.44. The Kier molecular flexibility index (Phi) is 6.30. The number of benzene rings is 1. The normalized spacial score (nSPS) is 19.1. The van der Waals surface area contributed by atoms with Gasteiger partial charge in [-0.05, 0) is 37.3 Å². The molecular formula is C18H24O5. The van der Waals surface area contributed by atoms with Crippen LogP contribution < -0.4 is 0 Å². The van der Waals surface area contributed by atoms with Gasteiger partial charge in [0.1, 0.15) is 11.9 Å². The first kappa shape index (κ1) is 17.6. The van der Waals surface area contributed by atoms with Crippen LogP contribution in [-0.2, 0) is 20.7 Å². The van der Waals surface area contributed by atoms with E-state index in [1.807, 2.05) is 24.3 Å². The Morgan fingerprint density at radius 2 is 1.91 bits per heavy atom. The van der Waals surface area contributed by atoms with Crippen molar-refractivity contribution < 1.29 is 24.5 Å². The van der Waals surface area contributed by atoms with E-state index in [1.54, 1.807) is 6.92 Å². The average Bonchev–Trinajstić information content (AvgIpc) is 2.97. The fourth-order valence-electron chi connectivity index (χ4n) is 2.87. The molecule has 1 saturated carbocycles. The fourth-order valence-corrected chi connectivity index (χ4v) is 2.87. The van der Waals surface area contributed by atoms with Crippen molar-refractivity contribution in [2.24, 2.45) is 5.92 Å². The first-order chi connectivity index (χ1) is 11.0. The Hall–Kier alpha value is -1.72. The van der Waals surface area contributed by atoms with E-state index in [1.165, 1.54) is 0 Å². The molecule has 0 heterocycles. The van der Waals surface area contributed by atoms with E-state index in [0.29, 0.717) is 12.2 Å². The monoisotopic (exact) mass is 320 g/mol. The van der Waals surface area contributed by atoms with Crippen LogP contribution in [0, 0.1) is 5.92 Å². The minimum atomic E-state index is -0.877. The molecule has 5 heteroatoms. The highest BCUT2D eigenvalue weighted by Crippen LogP contribution is 2.26. The molecule has 2 N–H and O–H groups in total. The van der Waals surface area contributed by atoms with Gasteiger partial charge in [0.15, 0.2) is 0 Å². The number of hydrogen-bond acceptors (Lipinski definition) is 5. The fraction of sp³-hybridized carbons (Fsp3) is 0.556. The van der Waals surface area contributed by atoms with Crippen molar-refractivity contribution in [2.45, 2.75) is 44.6 Å². The second-order valence-electron chi connectivity index (χ2n) is 6.15. The van der Waals surface area contributed by atoms with Crippen LogP contribution in [0.15, 0.2) is 24.3 Å². The highest BCUT2D eigenvalue weighted by Gasteiger charge is 2.25. The van der Waals surface area contributed by atoms with E-state index in [9.17, 15) is 9.59 Å². The molecule has 0 radical (unpaired) electrons. The lowest BCUT2D eigenvalue weighted by Gasteiger charge is -2.17. The molecular weight excluding hydrogens is 296 g/mol. The highest BCUT2D eigenvalue weighted by atomic mass is 16.6. The topological polar surface area (TPSA) is 83.8 Å². The standard InChI is InChI=1S/C18H24O5/c1-12(18(22)23-16(10-19)11-20)14-7-5-13(6-8-14)9-15-3-2-4-17(15)21/h5-8,12,15-16,19-20H,2-4,9-11H2,1H3/t12-,15?/m0/s1. The smallest absolute Gasteiger partial charge is 0.313 e. The van der Waals surface area contributed by atoms with Crippen LogP contribution in [0.5, 0.6) is 0 Å². The van der Waals surface area contributed by atoms with Crippen LogP contribution in [0.3, 0.4) is 0 Å². The number of hydrogen-bond donors (Lipinski definition) is 2. The van der Waals surface area contributed by atoms with Gasteiger partial charge in [0, 0.05) is 12.3 Å². The zero-order chi connectivity index (χ0) is 16.8. The van der Waals surface area contributed by atoms with Crippen LogP contribution in [0.2, 0.25) is 0 Å². The molecule has 1 aromatic rings. The number of esters is 1. The third kappa shape index (κ3) is 4.62. The average molecular weight is 320 g/mol. The lowest BCUT2D eigenvalue weighted by Crippen LogP contribution is -2.27. The SMILES string of the molecule is C[C@H](C(=O)OC(CO)CO)c1ccc(CC2CCCC2=O)cc1. The Balaban J connectivity index is 1.95. The molecule has 1 aromatic carbocycles. The van der Waals surface area contributed by atoms with Crippen molar-refractivity contribution in [3.8, 4) is 0 Å². The maximum atomic E-state index is 12.0. The zero-order valence-electron chi connectivity index (χ0n) is 13.4. The van der Waals surface area contributed by atoms with Gasteiger partial charge in [0.2, 0.25) is 0 Å². The molecule has 1 unspecified atom stereocenters. The highest BCUT2D eigenvalue weighted by molar-refractivity contribution is 5.83. The summed E-state index contributed by atoms with van der Waals surface area (Å²) >= 11 is 0. The number of carbonyl (C=O) groups excluding carboxylic acids is 2. The minimum absolute atomic E-state index is 0.137. The summed E-state index contributed by atoms with van der Waals surface area (Å²) < 4.78 is 5.03. The summed E-state index contributed by atoms with van der Waals surface area (Å²) in [5.41, 5.74) is 1.91. The molecule has 2 atom stereocenters. The molecule has 126 valence electrons. The van der Waals surface area contributed by atoms with Crippen molar-refractivity contribution in [1.29, 1.82) is 0 Å². The van der Waals surface area contributed by atoms with Crippen LogP contribution >= 0.6 is 0 Å². The molecule has 0 aliphatic heterocycles. The van der Waals surface area contributed by atoms with Gasteiger partial charge in [0.25, 0.3) is 0 Å². The Morgan fingerprint density at radius 1 is 1.26 bits per heavy atom. The van der Waals surface area contributed by atoms with Crippen molar-refractivity contribution in [3.63, 3.8) is 0 Å². The van der Waals surface area contributed by atoms with Gasteiger partial charge in [0.05, 0.1) is 19.1 Å². The van der Waals surface area contributed by atoms with Gasteiger partial charge in [-0.3, -0.25) is 9.59 Å². The predicted molar refractivity (Wildman–Crippen MR) is 85.0 cm³/mol.